The quantitative estimate of drug-likeness (QED) is 0.310. The smallest absolute Gasteiger partial charge is 0.273 e. The third kappa shape index (κ3) is 6.74. The van der Waals surface area contributed by atoms with Crippen LogP contribution in [-0.4, -0.2) is 17.4 Å². The zero-order valence-electron chi connectivity index (χ0n) is 20.3. The van der Waals surface area contributed by atoms with Gasteiger partial charge in [0.2, 0.25) is 0 Å². The molecule has 0 aliphatic carbocycles. The van der Waals surface area contributed by atoms with Crippen molar-refractivity contribution in [3.63, 3.8) is 0 Å². The van der Waals surface area contributed by atoms with Crippen LogP contribution in [-0.2, 0) is 12.8 Å². The number of hydrogen-bond donors (Lipinski definition) is 1. The van der Waals surface area contributed by atoms with E-state index in [1.807, 2.05) is 50.2 Å². The number of aryl methyl sites for hydroxylation is 3. The van der Waals surface area contributed by atoms with Crippen LogP contribution in [0.1, 0.15) is 77.5 Å². The largest absolute Gasteiger partial charge is 0.445 e. The highest BCUT2D eigenvalue weighted by atomic mass is 35.5. The Bertz CT molecular complexity index is 1180. The minimum atomic E-state index is -0.211. The number of aromatic nitrogens is 1. The van der Waals surface area contributed by atoms with Crippen molar-refractivity contribution in [2.75, 3.05) is 6.54 Å². The molecule has 6 heteroatoms. The summed E-state index contributed by atoms with van der Waals surface area (Å²) < 4.78 is 5.91. The molecule has 3 rings (SSSR count). The van der Waals surface area contributed by atoms with Gasteiger partial charge < -0.3 is 9.73 Å². The topological polar surface area (TPSA) is 55.1 Å². The second-order valence-electron chi connectivity index (χ2n) is 8.48. The van der Waals surface area contributed by atoms with E-state index in [-0.39, 0.29) is 5.91 Å². The first-order valence-electron chi connectivity index (χ1n) is 11.8. The molecule has 1 heterocycles. The van der Waals surface area contributed by atoms with Crippen molar-refractivity contribution in [3.8, 4) is 0 Å². The van der Waals surface area contributed by atoms with E-state index in [1.165, 1.54) is 11.1 Å². The minimum Gasteiger partial charge on any atom is -0.445 e. The van der Waals surface area contributed by atoms with Crippen molar-refractivity contribution in [2.24, 2.45) is 0 Å². The number of amides is 1. The van der Waals surface area contributed by atoms with Crippen molar-refractivity contribution in [3.05, 3.63) is 92.1 Å². The number of unbranched alkanes of at least 4 members (excludes halogenated alkanes) is 1. The average Bonchev–Trinajstić information content (AvgIpc) is 3.23. The predicted molar refractivity (Wildman–Crippen MR) is 141 cm³/mol. The van der Waals surface area contributed by atoms with Gasteiger partial charge in [-0.2, -0.15) is 0 Å². The molecule has 1 N–H and O–H groups in total. The third-order valence-corrected chi connectivity index (χ3v) is 6.42. The lowest BCUT2D eigenvalue weighted by Gasteiger charge is -2.12. The molecule has 0 atom stereocenters. The number of carbonyl (C=O) groups excluding carboxylic acids is 1. The highest BCUT2D eigenvalue weighted by Gasteiger charge is 2.19. The van der Waals surface area contributed by atoms with Gasteiger partial charge in [-0.05, 0) is 72.7 Å². The second kappa shape index (κ2) is 12.2. The molecule has 0 aliphatic rings. The summed E-state index contributed by atoms with van der Waals surface area (Å²) in [6.45, 7) is 8.66. The predicted octanol–water partition coefficient (Wildman–Crippen LogP) is 7.76. The van der Waals surface area contributed by atoms with Crippen LogP contribution in [0.5, 0.6) is 0 Å². The number of nitrogens with one attached hydrogen (secondary N) is 1. The normalized spacial score (nSPS) is 11.6. The van der Waals surface area contributed by atoms with Gasteiger partial charge in [0.25, 0.3) is 5.91 Å². The number of benzene rings is 2. The standard InChI is InChI=1S/C28H32Cl2N2O2/c1-5-7-8-21(23-17-22(29)11-9-18(23)3)13-14-31-28(33)27-25(6-2)34-26(32-27)16-20-10-12-24(30)19(4)15-20/h8-12,15,17H,5-7,13-14,16H2,1-4H3,(H,31,33). The van der Waals surface area contributed by atoms with Gasteiger partial charge in [-0.3, -0.25) is 4.79 Å². The molecule has 180 valence electrons. The first-order chi connectivity index (χ1) is 16.3. The molecule has 0 aliphatic heterocycles. The van der Waals surface area contributed by atoms with E-state index >= 15 is 0 Å². The maximum absolute atomic E-state index is 13.0. The Kier molecular flexibility index (Phi) is 9.37. The average molecular weight is 499 g/mol. The number of halogens is 2. The van der Waals surface area contributed by atoms with E-state index in [2.05, 4.69) is 30.2 Å². The van der Waals surface area contributed by atoms with Crippen molar-refractivity contribution in [2.45, 2.75) is 59.8 Å². The SMILES string of the molecule is CCCC=C(CCNC(=O)c1nc(Cc2ccc(Cl)c(C)c2)oc1CC)c1cc(Cl)ccc1C. The van der Waals surface area contributed by atoms with Crippen LogP contribution >= 0.6 is 23.2 Å². The summed E-state index contributed by atoms with van der Waals surface area (Å²) in [6.07, 6.45) is 6.10. The molecule has 0 unspecified atom stereocenters. The van der Waals surface area contributed by atoms with Crippen LogP contribution in [0, 0.1) is 13.8 Å². The van der Waals surface area contributed by atoms with Gasteiger partial charge in [-0.1, -0.05) is 67.7 Å². The van der Waals surface area contributed by atoms with E-state index in [1.54, 1.807) is 0 Å². The summed E-state index contributed by atoms with van der Waals surface area (Å²) in [4.78, 5) is 17.5. The summed E-state index contributed by atoms with van der Waals surface area (Å²) in [7, 11) is 0. The summed E-state index contributed by atoms with van der Waals surface area (Å²) in [6, 6.07) is 11.8. The number of carbonyl (C=O) groups is 1. The first-order valence-corrected chi connectivity index (χ1v) is 12.5. The Balaban J connectivity index is 1.69. The van der Waals surface area contributed by atoms with E-state index in [9.17, 15) is 4.79 Å². The molecule has 0 spiro atoms. The number of oxazole rings is 1. The Hall–Kier alpha value is -2.56. The van der Waals surface area contributed by atoms with Gasteiger partial charge in [0, 0.05) is 29.4 Å². The third-order valence-electron chi connectivity index (χ3n) is 5.76. The minimum absolute atomic E-state index is 0.211. The number of hydrogen-bond acceptors (Lipinski definition) is 3. The van der Waals surface area contributed by atoms with Crippen molar-refractivity contribution < 1.29 is 9.21 Å². The lowest BCUT2D eigenvalue weighted by molar-refractivity contribution is 0.0948. The fourth-order valence-electron chi connectivity index (χ4n) is 3.88. The Morgan fingerprint density at radius 3 is 2.59 bits per heavy atom. The number of nitrogens with zero attached hydrogens (tertiary/aromatic N) is 1. The molecule has 0 saturated carbocycles. The molecule has 3 aromatic rings. The highest BCUT2D eigenvalue weighted by Crippen LogP contribution is 2.26. The molecule has 2 aromatic carbocycles. The van der Waals surface area contributed by atoms with Gasteiger partial charge in [-0.25, -0.2) is 4.98 Å². The van der Waals surface area contributed by atoms with Crippen LogP contribution in [0.2, 0.25) is 10.0 Å². The maximum Gasteiger partial charge on any atom is 0.273 e. The lowest BCUT2D eigenvalue weighted by atomic mass is 9.96. The van der Waals surface area contributed by atoms with Gasteiger partial charge in [0.05, 0.1) is 0 Å². The molecular weight excluding hydrogens is 467 g/mol. The van der Waals surface area contributed by atoms with Crippen LogP contribution in [0.25, 0.3) is 5.57 Å². The monoisotopic (exact) mass is 498 g/mol. The molecule has 1 amide bonds. The highest BCUT2D eigenvalue weighted by molar-refractivity contribution is 6.31. The zero-order chi connectivity index (χ0) is 24.7. The zero-order valence-corrected chi connectivity index (χ0v) is 21.8. The van der Waals surface area contributed by atoms with Crippen molar-refractivity contribution in [1.82, 2.24) is 10.3 Å². The molecule has 0 bridgehead atoms. The molecule has 1 aromatic heterocycles. The first kappa shape index (κ1) is 26.1. The van der Waals surface area contributed by atoms with Gasteiger partial charge in [0.15, 0.2) is 11.6 Å². The summed E-state index contributed by atoms with van der Waals surface area (Å²) >= 11 is 12.4. The van der Waals surface area contributed by atoms with Crippen LogP contribution in [0.15, 0.2) is 46.9 Å². The van der Waals surface area contributed by atoms with E-state index in [4.69, 9.17) is 27.6 Å². The Labute approximate surface area is 212 Å². The fourth-order valence-corrected chi connectivity index (χ4v) is 4.17. The maximum atomic E-state index is 13.0. The molecule has 4 nitrogen and oxygen atoms in total. The Morgan fingerprint density at radius 2 is 1.88 bits per heavy atom. The molecular formula is C28H32Cl2N2O2. The number of allylic oxidation sites excluding steroid dienone is 1. The van der Waals surface area contributed by atoms with Gasteiger partial charge >= 0.3 is 0 Å². The molecule has 34 heavy (non-hydrogen) atoms. The van der Waals surface area contributed by atoms with Crippen molar-refractivity contribution in [1.29, 1.82) is 0 Å². The Morgan fingerprint density at radius 1 is 1.09 bits per heavy atom. The summed E-state index contributed by atoms with van der Waals surface area (Å²) in [5.41, 5.74) is 5.90. The molecule has 0 fully saturated rings. The van der Waals surface area contributed by atoms with Crippen molar-refractivity contribution >= 4 is 34.7 Å². The van der Waals surface area contributed by atoms with E-state index in [0.717, 1.165) is 34.6 Å². The van der Waals surface area contributed by atoms with Crippen LogP contribution < -0.4 is 5.32 Å². The molecule has 0 saturated heterocycles. The van der Waals surface area contributed by atoms with Crippen LogP contribution in [0.3, 0.4) is 0 Å². The van der Waals surface area contributed by atoms with E-state index in [0.29, 0.717) is 48.2 Å². The van der Waals surface area contributed by atoms with Gasteiger partial charge in [0.1, 0.15) is 5.76 Å². The fraction of sp³-hybridized carbons (Fsp3) is 0.357. The summed E-state index contributed by atoms with van der Waals surface area (Å²) in [5.74, 6) is 0.921. The summed E-state index contributed by atoms with van der Waals surface area (Å²) in [5, 5.41) is 4.47. The second-order valence-corrected chi connectivity index (χ2v) is 9.32. The van der Waals surface area contributed by atoms with E-state index < -0.39 is 0 Å². The molecule has 0 radical (unpaired) electrons. The lowest BCUT2D eigenvalue weighted by Crippen LogP contribution is -2.26. The number of rotatable bonds is 10. The van der Waals surface area contributed by atoms with Crippen LogP contribution in [0.4, 0.5) is 0 Å². The van der Waals surface area contributed by atoms with Gasteiger partial charge in [-0.15, -0.1) is 0 Å².